The average Bonchev–Trinajstić information content (AvgIpc) is 2.79. The normalized spacial score (nSPS) is 20.6. The van der Waals surface area contributed by atoms with Gasteiger partial charge in [0.15, 0.2) is 5.82 Å². The topological polar surface area (TPSA) is 69.4 Å². The molecule has 0 amide bonds. The number of morpholine rings is 1. The highest BCUT2D eigenvalue weighted by Gasteiger charge is 2.17. The van der Waals surface area contributed by atoms with Crippen molar-refractivity contribution in [2.45, 2.75) is 32.5 Å². The van der Waals surface area contributed by atoms with Gasteiger partial charge in [0.05, 0.1) is 19.1 Å². The summed E-state index contributed by atoms with van der Waals surface area (Å²) in [5, 5.41) is 7.13. The minimum atomic E-state index is 0.133. The lowest BCUT2D eigenvalue weighted by Crippen LogP contribution is -2.39. The molecule has 1 N–H and O–H groups in total. The van der Waals surface area contributed by atoms with Crippen molar-refractivity contribution in [2.24, 2.45) is 0 Å². The van der Waals surface area contributed by atoms with Crippen LogP contribution < -0.4 is 5.32 Å². The lowest BCUT2D eigenvalue weighted by atomic mass is 10.2. The zero-order chi connectivity index (χ0) is 11.9. The molecule has 0 saturated carbocycles. The molecule has 0 bridgehead atoms. The number of nitrogens with one attached hydrogen (secondary N) is 1. The lowest BCUT2D eigenvalue weighted by molar-refractivity contribution is 0.0246. The van der Waals surface area contributed by atoms with Gasteiger partial charge in [-0.1, -0.05) is 12.1 Å². The Morgan fingerprint density at radius 2 is 2.47 bits per heavy atom. The Bertz CT molecular complexity index is 324. The first-order valence-electron chi connectivity index (χ1n) is 6.10. The predicted octanol–water partition coefficient (Wildman–Crippen LogP) is 0.527. The molecule has 0 aromatic carbocycles. The Balaban J connectivity index is 1.76. The van der Waals surface area contributed by atoms with Crippen molar-refractivity contribution in [3.8, 4) is 0 Å². The molecule has 1 aromatic heterocycles. The third-order valence-electron chi connectivity index (χ3n) is 2.50. The smallest absolute Gasteiger partial charge is 0.229 e. The van der Waals surface area contributed by atoms with Gasteiger partial charge in [-0.15, -0.1) is 0 Å². The average molecular weight is 241 g/mol. The molecule has 1 aliphatic heterocycles. The summed E-state index contributed by atoms with van der Waals surface area (Å²) in [6.45, 7) is 5.70. The maximum atomic E-state index is 5.57. The Kier molecular flexibility index (Phi) is 4.90. The Labute approximate surface area is 101 Å². The van der Waals surface area contributed by atoms with Crippen LogP contribution in [-0.2, 0) is 22.5 Å². The van der Waals surface area contributed by atoms with Gasteiger partial charge in [-0.2, -0.15) is 4.98 Å². The Morgan fingerprint density at radius 1 is 1.53 bits per heavy atom. The van der Waals surface area contributed by atoms with E-state index in [1.807, 2.05) is 0 Å². The third-order valence-corrected chi connectivity index (χ3v) is 2.50. The van der Waals surface area contributed by atoms with Gasteiger partial charge in [0.2, 0.25) is 5.89 Å². The van der Waals surface area contributed by atoms with Gasteiger partial charge < -0.3 is 19.3 Å². The van der Waals surface area contributed by atoms with E-state index in [0.29, 0.717) is 24.7 Å². The van der Waals surface area contributed by atoms with E-state index < -0.39 is 0 Å². The second-order valence-corrected chi connectivity index (χ2v) is 4.06. The molecule has 2 rings (SSSR count). The molecular weight excluding hydrogens is 222 g/mol. The predicted molar refractivity (Wildman–Crippen MR) is 60.6 cm³/mol. The van der Waals surface area contributed by atoms with Crippen molar-refractivity contribution in [1.82, 2.24) is 15.5 Å². The Morgan fingerprint density at radius 3 is 3.24 bits per heavy atom. The molecule has 1 unspecified atom stereocenters. The molecule has 96 valence electrons. The van der Waals surface area contributed by atoms with Crippen molar-refractivity contribution in [2.75, 3.05) is 26.3 Å². The molecule has 0 radical (unpaired) electrons. The fourth-order valence-corrected chi connectivity index (χ4v) is 1.69. The lowest BCUT2D eigenvalue weighted by Gasteiger charge is -2.21. The van der Waals surface area contributed by atoms with Gasteiger partial charge in [-0.3, -0.25) is 0 Å². The van der Waals surface area contributed by atoms with E-state index in [0.717, 1.165) is 32.7 Å². The summed E-state index contributed by atoms with van der Waals surface area (Å²) < 4.78 is 16.1. The van der Waals surface area contributed by atoms with Crippen LogP contribution in [0.3, 0.4) is 0 Å². The van der Waals surface area contributed by atoms with Gasteiger partial charge in [0, 0.05) is 19.7 Å². The molecule has 1 saturated heterocycles. The van der Waals surface area contributed by atoms with Crippen LogP contribution >= 0.6 is 0 Å². The summed E-state index contributed by atoms with van der Waals surface area (Å²) in [5.41, 5.74) is 0. The van der Waals surface area contributed by atoms with Crippen LogP contribution in [0.5, 0.6) is 0 Å². The summed E-state index contributed by atoms with van der Waals surface area (Å²) in [6.07, 6.45) is 1.79. The van der Waals surface area contributed by atoms with E-state index in [1.54, 1.807) is 0 Å². The minimum absolute atomic E-state index is 0.133. The van der Waals surface area contributed by atoms with Crippen molar-refractivity contribution >= 4 is 0 Å². The van der Waals surface area contributed by atoms with Gasteiger partial charge in [-0.05, 0) is 6.42 Å². The molecule has 1 fully saturated rings. The zero-order valence-electron chi connectivity index (χ0n) is 10.1. The monoisotopic (exact) mass is 241 g/mol. The van der Waals surface area contributed by atoms with Crippen LogP contribution in [0, 0.1) is 0 Å². The number of rotatable bonds is 6. The summed E-state index contributed by atoms with van der Waals surface area (Å²) in [7, 11) is 0. The molecule has 1 aliphatic rings. The summed E-state index contributed by atoms with van der Waals surface area (Å²) in [6, 6.07) is 0. The van der Waals surface area contributed by atoms with Crippen molar-refractivity contribution in [3.63, 3.8) is 0 Å². The van der Waals surface area contributed by atoms with Crippen LogP contribution in [0.4, 0.5) is 0 Å². The zero-order valence-corrected chi connectivity index (χ0v) is 10.1. The molecule has 0 spiro atoms. The van der Waals surface area contributed by atoms with Crippen molar-refractivity contribution in [1.29, 1.82) is 0 Å². The number of ether oxygens (including phenoxy) is 2. The van der Waals surface area contributed by atoms with Crippen LogP contribution in [0.15, 0.2) is 4.52 Å². The number of aromatic nitrogens is 2. The first-order chi connectivity index (χ1) is 8.38. The standard InChI is InChI=1S/C11H19N3O3/c1-2-4-15-8-10-13-11(17-14-10)6-9-7-12-3-5-16-9/h9,12H,2-8H2,1H3. The highest BCUT2D eigenvalue weighted by Crippen LogP contribution is 2.06. The number of hydrogen-bond donors (Lipinski definition) is 1. The van der Waals surface area contributed by atoms with Crippen molar-refractivity contribution < 1.29 is 14.0 Å². The van der Waals surface area contributed by atoms with Crippen molar-refractivity contribution in [3.05, 3.63) is 11.7 Å². The molecule has 2 heterocycles. The number of nitrogens with zero attached hydrogens (tertiary/aromatic N) is 2. The molecule has 1 aromatic rings. The fraction of sp³-hybridized carbons (Fsp3) is 0.818. The second-order valence-electron chi connectivity index (χ2n) is 4.06. The van der Waals surface area contributed by atoms with E-state index in [4.69, 9.17) is 14.0 Å². The van der Waals surface area contributed by atoms with Gasteiger partial charge in [-0.25, -0.2) is 0 Å². The third kappa shape index (κ3) is 4.07. The molecule has 17 heavy (non-hydrogen) atoms. The highest BCUT2D eigenvalue weighted by atomic mass is 16.5. The fourth-order valence-electron chi connectivity index (χ4n) is 1.69. The maximum Gasteiger partial charge on any atom is 0.229 e. The molecular formula is C11H19N3O3. The van der Waals surface area contributed by atoms with E-state index >= 15 is 0 Å². The SMILES string of the molecule is CCCOCc1noc(CC2CNCCO2)n1. The Hall–Kier alpha value is -0.980. The van der Waals surface area contributed by atoms with Gasteiger partial charge in [0.1, 0.15) is 6.61 Å². The van der Waals surface area contributed by atoms with Crippen LogP contribution in [0.25, 0.3) is 0 Å². The summed E-state index contributed by atoms with van der Waals surface area (Å²) in [4.78, 5) is 4.27. The largest absolute Gasteiger partial charge is 0.375 e. The first-order valence-corrected chi connectivity index (χ1v) is 6.10. The van der Waals surface area contributed by atoms with Crippen LogP contribution in [-0.4, -0.2) is 42.5 Å². The molecule has 0 aliphatic carbocycles. The van der Waals surface area contributed by atoms with Gasteiger partial charge in [0.25, 0.3) is 0 Å². The quantitative estimate of drug-likeness (QED) is 0.733. The first kappa shape index (κ1) is 12.5. The van der Waals surface area contributed by atoms with E-state index in [9.17, 15) is 0 Å². The maximum absolute atomic E-state index is 5.57. The summed E-state index contributed by atoms with van der Waals surface area (Å²) >= 11 is 0. The number of hydrogen-bond acceptors (Lipinski definition) is 6. The van der Waals surface area contributed by atoms with E-state index in [2.05, 4.69) is 22.4 Å². The molecule has 6 heteroatoms. The summed E-state index contributed by atoms with van der Waals surface area (Å²) in [5.74, 6) is 1.23. The minimum Gasteiger partial charge on any atom is -0.375 e. The second kappa shape index (κ2) is 6.68. The van der Waals surface area contributed by atoms with Crippen LogP contribution in [0.1, 0.15) is 25.1 Å². The highest BCUT2D eigenvalue weighted by molar-refractivity contribution is 4.88. The van der Waals surface area contributed by atoms with E-state index in [1.165, 1.54) is 0 Å². The van der Waals surface area contributed by atoms with E-state index in [-0.39, 0.29) is 6.10 Å². The molecule has 1 atom stereocenters. The molecule has 6 nitrogen and oxygen atoms in total. The van der Waals surface area contributed by atoms with Crippen LogP contribution in [0.2, 0.25) is 0 Å². The van der Waals surface area contributed by atoms with Gasteiger partial charge >= 0.3 is 0 Å².